The molecule has 0 radical (unpaired) electrons. The molecule has 3 nitrogen and oxygen atoms in total. The van der Waals surface area contributed by atoms with Gasteiger partial charge >= 0.3 is 6.18 Å². The molecule has 1 aromatic carbocycles. The van der Waals surface area contributed by atoms with Crippen molar-refractivity contribution in [2.75, 3.05) is 0 Å². The van der Waals surface area contributed by atoms with Gasteiger partial charge in [0.2, 0.25) is 0 Å². The predicted molar refractivity (Wildman–Crippen MR) is 66.5 cm³/mol. The molecule has 2 N–H and O–H groups in total. The maximum atomic E-state index is 12.8. The van der Waals surface area contributed by atoms with Crippen LogP contribution in [0.15, 0.2) is 24.3 Å². The van der Waals surface area contributed by atoms with E-state index in [4.69, 9.17) is 22.1 Å². The first-order chi connectivity index (χ1) is 8.91. The summed E-state index contributed by atoms with van der Waals surface area (Å²) in [6.45, 7) is 0.154. The quantitative estimate of drug-likeness (QED) is 0.930. The first-order valence-electron chi connectivity index (χ1n) is 5.11. The van der Waals surface area contributed by atoms with Crippen LogP contribution in [-0.4, -0.2) is 4.98 Å². The Hall–Kier alpha value is -1.31. The molecule has 19 heavy (non-hydrogen) atoms. The fraction of sp³-hybridized carbons (Fsp3) is 0.182. The second-order valence-corrected chi connectivity index (χ2v) is 4.90. The summed E-state index contributed by atoms with van der Waals surface area (Å²) >= 11 is 6.77. The summed E-state index contributed by atoms with van der Waals surface area (Å²) in [6, 6.07) is 4.90. The van der Waals surface area contributed by atoms with Gasteiger partial charge in [0, 0.05) is 6.54 Å². The van der Waals surface area contributed by atoms with Gasteiger partial charge in [-0.15, -0.1) is 0 Å². The van der Waals surface area contributed by atoms with Gasteiger partial charge in [-0.05, 0) is 12.1 Å². The maximum Gasteiger partial charge on any atom is 0.419 e. The van der Waals surface area contributed by atoms with Gasteiger partial charge in [0.1, 0.15) is 10.9 Å². The van der Waals surface area contributed by atoms with Crippen molar-refractivity contribution in [3.8, 4) is 10.9 Å². The van der Waals surface area contributed by atoms with Gasteiger partial charge in [-0.25, -0.2) is 0 Å². The summed E-state index contributed by atoms with van der Waals surface area (Å²) in [5, 5.41) is 0.175. The van der Waals surface area contributed by atoms with Crippen LogP contribution in [0.1, 0.15) is 10.4 Å². The van der Waals surface area contributed by atoms with Gasteiger partial charge in [-0.2, -0.15) is 18.2 Å². The minimum absolute atomic E-state index is 0.0298. The second-order valence-electron chi connectivity index (χ2n) is 3.49. The van der Waals surface area contributed by atoms with Gasteiger partial charge < -0.3 is 10.5 Å². The summed E-state index contributed by atoms with van der Waals surface area (Å²) in [5.41, 5.74) is 4.54. The lowest BCUT2D eigenvalue weighted by molar-refractivity contribution is -0.138. The van der Waals surface area contributed by atoms with Crippen LogP contribution in [0.4, 0.5) is 13.2 Å². The molecule has 2 aromatic rings. The van der Waals surface area contributed by atoms with Crippen LogP contribution in [0.25, 0.3) is 0 Å². The number of halogens is 4. The zero-order valence-electron chi connectivity index (χ0n) is 9.37. The molecule has 2 rings (SSSR count). The van der Waals surface area contributed by atoms with Gasteiger partial charge in [0.25, 0.3) is 5.19 Å². The Balaban J connectivity index is 2.33. The van der Waals surface area contributed by atoms with E-state index >= 15 is 0 Å². The third-order valence-electron chi connectivity index (χ3n) is 2.21. The van der Waals surface area contributed by atoms with Crippen LogP contribution < -0.4 is 10.5 Å². The molecule has 0 spiro atoms. The van der Waals surface area contributed by atoms with E-state index in [1.54, 1.807) is 0 Å². The Labute approximate surface area is 115 Å². The van der Waals surface area contributed by atoms with Crippen LogP contribution in [0, 0.1) is 0 Å². The van der Waals surface area contributed by atoms with Crippen LogP contribution in [0.3, 0.4) is 0 Å². The summed E-state index contributed by atoms with van der Waals surface area (Å²) < 4.78 is 43.4. The molecule has 0 saturated heterocycles. The van der Waals surface area contributed by atoms with Crippen molar-refractivity contribution in [3.63, 3.8) is 0 Å². The van der Waals surface area contributed by atoms with E-state index in [-0.39, 0.29) is 22.6 Å². The molecule has 0 fully saturated rings. The highest BCUT2D eigenvalue weighted by Crippen LogP contribution is 2.39. The number of nitrogens with zero attached hydrogens (tertiary/aromatic N) is 1. The standard InChI is InChI=1S/C11H8ClF3N2OS/c12-9-8(5-16)19-10(17-9)18-7-4-2-1-3-6(7)11(13,14)15/h1-4H,5,16H2. The van der Waals surface area contributed by atoms with E-state index in [1.165, 1.54) is 18.2 Å². The minimum Gasteiger partial charge on any atom is -0.430 e. The summed E-state index contributed by atoms with van der Waals surface area (Å²) in [7, 11) is 0. The highest BCUT2D eigenvalue weighted by Gasteiger charge is 2.34. The number of alkyl halides is 3. The number of hydrogen-bond acceptors (Lipinski definition) is 4. The molecular formula is C11H8ClF3N2OS. The Bertz CT molecular complexity index is 586. The normalized spacial score (nSPS) is 11.6. The zero-order chi connectivity index (χ0) is 14.0. The van der Waals surface area contributed by atoms with E-state index in [0.29, 0.717) is 4.88 Å². The Morgan fingerprint density at radius 2 is 2.00 bits per heavy atom. The van der Waals surface area contributed by atoms with E-state index < -0.39 is 11.7 Å². The SMILES string of the molecule is NCc1sc(Oc2ccccc2C(F)(F)F)nc1Cl. The number of ether oxygens (including phenoxy) is 1. The van der Waals surface area contributed by atoms with Crippen LogP contribution in [-0.2, 0) is 12.7 Å². The number of thiazole rings is 1. The monoisotopic (exact) mass is 308 g/mol. The molecule has 0 unspecified atom stereocenters. The third-order valence-corrected chi connectivity index (χ3v) is 3.59. The van der Waals surface area contributed by atoms with Gasteiger partial charge in [-0.3, -0.25) is 0 Å². The van der Waals surface area contributed by atoms with E-state index in [0.717, 1.165) is 17.4 Å². The maximum absolute atomic E-state index is 12.8. The lowest BCUT2D eigenvalue weighted by Crippen LogP contribution is -2.06. The van der Waals surface area contributed by atoms with Crippen molar-refractivity contribution in [1.82, 2.24) is 4.98 Å². The highest BCUT2D eigenvalue weighted by atomic mass is 35.5. The molecule has 8 heteroatoms. The molecule has 0 amide bonds. The van der Waals surface area contributed by atoms with Crippen molar-refractivity contribution in [3.05, 3.63) is 39.9 Å². The number of aromatic nitrogens is 1. The lowest BCUT2D eigenvalue weighted by atomic mass is 10.2. The van der Waals surface area contributed by atoms with Gasteiger partial charge in [-0.1, -0.05) is 35.1 Å². The van der Waals surface area contributed by atoms with Crippen molar-refractivity contribution in [2.24, 2.45) is 5.73 Å². The van der Waals surface area contributed by atoms with Gasteiger partial charge in [0.05, 0.1) is 10.4 Å². The van der Waals surface area contributed by atoms with Crippen molar-refractivity contribution in [2.45, 2.75) is 12.7 Å². The number of benzene rings is 1. The first-order valence-corrected chi connectivity index (χ1v) is 6.30. The molecule has 1 aromatic heterocycles. The number of rotatable bonds is 3. The Kier molecular flexibility index (Phi) is 3.98. The molecule has 0 bridgehead atoms. The van der Waals surface area contributed by atoms with Gasteiger partial charge in [0.15, 0.2) is 0 Å². The predicted octanol–water partition coefficient (Wildman–Crippen LogP) is 4.07. The number of hydrogen-bond donors (Lipinski definition) is 1. The molecule has 0 saturated carbocycles. The molecule has 1 heterocycles. The molecule has 102 valence electrons. The minimum atomic E-state index is -4.49. The van der Waals surface area contributed by atoms with Crippen LogP contribution in [0.2, 0.25) is 5.15 Å². The van der Waals surface area contributed by atoms with Crippen molar-refractivity contribution >= 4 is 22.9 Å². The van der Waals surface area contributed by atoms with E-state index in [1.807, 2.05) is 0 Å². The van der Waals surface area contributed by atoms with E-state index in [9.17, 15) is 13.2 Å². The van der Waals surface area contributed by atoms with Crippen LogP contribution in [0.5, 0.6) is 10.9 Å². The summed E-state index contributed by atoms with van der Waals surface area (Å²) in [4.78, 5) is 4.37. The lowest BCUT2D eigenvalue weighted by Gasteiger charge is -2.11. The van der Waals surface area contributed by atoms with Crippen molar-refractivity contribution in [1.29, 1.82) is 0 Å². The molecule has 0 aliphatic carbocycles. The number of nitrogens with two attached hydrogens (primary N) is 1. The fourth-order valence-corrected chi connectivity index (χ4v) is 2.38. The molecule has 0 aliphatic rings. The van der Waals surface area contributed by atoms with E-state index in [2.05, 4.69) is 4.98 Å². The largest absolute Gasteiger partial charge is 0.430 e. The van der Waals surface area contributed by atoms with Crippen molar-refractivity contribution < 1.29 is 17.9 Å². The highest BCUT2D eigenvalue weighted by molar-refractivity contribution is 7.14. The molecule has 0 atom stereocenters. The average Bonchev–Trinajstić information content (AvgIpc) is 2.69. The summed E-state index contributed by atoms with van der Waals surface area (Å²) in [5.74, 6) is -0.316. The fourth-order valence-electron chi connectivity index (χ4n) is 1.37. The first kappa shape index (κ1) is 14.1. The second kappa shape index (κ2) is 5.36. The topological polar surface area (TPSA) is 48.1 Å². The van der Waals surface area contributed by atoms with Crippen LogP contribution >= 0.6 is 22.9 Å². The average molecular weight is 309 g/mol. The smallest absolute Gasteiger partial charge is 0.419 e. The Morgan fingerprint density at radius 1 is 1.32 bits per heavy atom. The number of para-hydroxylation sites is 1. The Morgan fingerprint density at radius 3 is 2.58 bits per heavy atom. The molecular weight excluding hydrogens is 301 g/mol. The third kappa shape index (κ3) is 3.17. The molecule has 0 aliphatic heterocycles. The summed E-state index contributed by atoms with van der Waals surface area (Å²) in [6.07, 6.45) is -4.49. The zero-order valence-corrected chi connectivity index (χ0v) is 10.9.